The van der Waals surface area contributed by atoms with E-state index >= 15 is 0 Å². The zero-order valence-corrected chi connectivity index (χ0v) is 14.2. The summed E-state index contributed by atoms with van der Waals surface area (Å²) in [6.07, 6.45) is 5.26. The third-order valence-corrected chi connectivity index (χ3v) is 3.73. The minimum absolute atomic E-state index is 0.0583. The van der Waals surface area contributed by atoms with Gasteiger partial charge < -0.3 is 24.4 Å². The van der Waals surface area contributed by atoms with Gasteiger partial charge in [-0.25, -0.2) is 4.98 Å². The molecule has 0 spiro atoms. The third-order valence-electron chi connectivity index (χ3n) is 3.73. The Hall–Kier alpha value is -3.54. The van der Waals surface area contributed by atoms with Crippen LogP contribution < -0.4 is 14.6 Å². The van der Waals surface area contributed by atoms with Crippen molar-refractivity contribution in [2.45, 2.75) is 0 Å². The summed E-state index contributed by atoms with van der Waals surface area (Å²) in [6, 6.07) is 10.4. The number of aromatic nitrogens is 2. The number of ether oxygens (including phenoxy) is 2. The first kappa shape index (κ1) is 17.3. The van der Waals surface area contributed by atoms with Crippen LogP contribution in [0.5, 0.6) is 11.5 Å². The Morgan fingerprint density at radius 3 is 2.85 bits per heavy atom. The Kier molecular flexibility index (Phi) is 5.03. The van der Waals surface area contributed by atoms with Crippen LogP contribution in [0.15, 0.2) is 49.1 Å². The summed E-state index contributed by atoms with van der Waals surface area (Å²) < 4.78 is 10.9. The Balaban J connectivity index is 1.90. The molecule has 0 aliphatic heterocycles. The van der Waals surface area contributed by atoms with Crippen molar-refractivity contribution in [2.75, 3.05) is 13.7 Å². The van der Waals surface area contributed by atoms with E-state index in [1.807, 2.05) is 24.3 Å². The quantitative estimate of drug-likeness (QED) is 0.663. The lowest BCUT2D eigenvalue weighted by Crippen LogP contribution is -2.22. The highest BCUT2D eigenvalue weighted by atomic mass is 16.5. The molecule has 0 fully saturated rings. The zero-order chi connectivity index (χ0) is 18.5. The number of aromatic amines is 1. The van der Waals surface area contributed by atoms with Crippen molar-refractivity contribution in [3.05, 3.63) is 66.0 Å². The number of imidazole rings is 1. The van der Waals surface area contributed by atoms with Crippen LogP contribution >= 0.6 is 0 Å². The summed E-state index contributed by atoms with van der Waals surface area (Å²) in [5.41, 5.74) is 1.95. The van der Waals surface area contributed by atoms with Crippen molar-refractivity contribution >= 4 is 29.2 Å². The fraction of sp³-hybridized carbons (Fsp3) is 0.100. The van der Waals surface area contributed by atoms with Crippen molar-refractivity contribution in [3.8, 4) is 11.5 Å². The summed E-state index contributed by atoms with van der Waals surface area (Å²) in [5.74, 6) is 0.527. The van der Waals surface area contributed by atoms with Gasteiger partial charge in [0.25, 0.3) is 0 Å². The lowest BCUT2D eigenvalue weighted by atomic mass is 10.2. The van der Waals surface area contributed by atoms with Gasteiger partial charge in [-0.05, 0) is 29.8 Å². The largest absolute Gasteiger partial charge is 0.545 e. The molecule has 6 heteroatoms. The highest BCUT2D eigenvalue weighted by Gasteiger charge is 2.07. The first-order valence-corrected chi connectivity index (χ1v) is 7.92. The maximum atomic E-state index is 11.2. The molecule has 0 amide bonds. The second-order valence-corrected chi connectivity index (χ2v) is 5.45. The van der Waals surface area contributed by atoms with Crippen molar-refractivity contribution < 1.29 is 19.4 Å². The van der Waals surface area contributed by atoms with Gasteiger partial charge in [-0.2, -0.15) is 0 Å². The molecule has 0 bridgehead atoms. The maximum absolute atomic E-state index is 11.2. The Morgan fingerprint density at radius 2 is 2.12 bits per heavy atom. The molecule has 0 unspecified atom stereocenters. The number of H-pyrrole nitrogens is 1. The van der Waals surface area contributed by atoms with Gasteiger partial charge in [-0.1, -0.05) is 36.9 Å². The normalized spacial score (nSPS) is 11.0. The molecule has 0 atom stereocenters. The van der Waals surface area contributed by atoms with Crippen LogP contribution in [0, 0.1) is 0 Å². The highest BCUT2D eigenvalue weighted by Crippen LogP contribution is 2.29. The number of nitrogens with zero attached hydrogens (tertiary/aromatic N) is 1. The van der Waals surface area contributed by atoms with Crippen molar-refractivity contribution in [3.63, 3.8) is 0 Å². The molecule has 3 aromatic rings. The number of methoxy groups -OCH3 is 1. The Morgan fingerprint density at radius 1 is 1.27 bits per heavy atom. The molecule has 2 aromatic carbocycles. The monoisotopic (exact) mass is 349 g/mol. The SMILES string of the molecule is C=CCOc1cc(/C=C/c2nc3c(C(=O)[O-])cccc3[nH]2)ccc1OC. The maximum Gasteiger partial charge on any atom is 0.162 e. The molecule has 3 rings (SSSR count). The standard InChI is InChI=1S/C20H18N2O4/c1-3-11-26-17-12-13(7-9-16(17)25-2)8-10-18-21-15-6-4-5-14(20(23)24)19(15)22-18/h3-10,12H,1,11H2,2H3,(H,21,22)(H,23,24)/p-1/b10-8+. The number of carbonyl (C=O) groups excluding carboxylic acids is 1. The van der Waals surface area contributed by atoms with E-state index in [2.05, 4.69) is 16.5 Å². The van der Waals surface area contributed by atoms with Gasteiger partial charge >= 0.3 is 0 Å². The van der Waals surface area contributed by atoms with E-state index in [1.165, 1.54) is 6.07 Å². The number of carboxylic acids is 1. The molecule has 0 saturated heterocycles. The van der Waals surface area contributed by atoms with Gasteiger partial charge in [-0.15, -0.1) is 0 Å². The summed E-state index contributed by atoms with van der Waals surface area (Å²) in [4.78, 5) is 18.6. The molecule has 0 saturated carbocycles. The molecule has 132 valence electrons. The van der Waals surface area contributed by atoms with Crippen LogP contribution in [0.3, 0.4) is 0 Å². The summed E-state index contributed by atoms with van der Waals surface area (Å²) in [6.45, 7) is 4.01. The zero-order valence-electron chi connectivity index (χ0n) is 14.2. The van der Waals surface area contributed by atoms with Crippen LogP contribution in [0.1, 0.15) is 21.7 Å². The average molecular weight is 349 g/mol. The topological polar surface area (TPSA) is 87.3 Å². The second-order valence-electron chi connectivity index (χ2n) is 5.45. The molecule has 0 aliphatic rings. The average Bonchev–Trinajstić information content (AvgIpc) is 3.07. The van der Waals surface area contributed by atoms with Gasteiger partial charge in [0.15, 0.2) is 11.5 Å². The smallest absolute Gasteiger partial charge is 0.162 e. The lowest BCUT2D eigenvalue weighted by Gasteiger charge is -2.09. The third kappa shape index (κ3) is 3.59. The minimum Gasteiger partial charge on any atom is -0.545 e. The number of carbonyl (C=O) groups is 1. The van der Waals surface area contributed by atoms with E-state index in [9.17, 15) is 9.90 Å². The van der Waals surface area contributed by atoms with Gasteiger partial charge in [-0.3, -0.25) is 0 Å². The van der Waals surface area contributed by atoms with Gasteiger partial charge in [0.2, 0.25) is 0 Å². The predicted molar refractivity (Wildman–Crippen MR) is 98.0 cm³/mol. The minimum atomic E-state index is -1.25. The van der Waals surface area contributed by atoms with Gasteiger partial charge in [0.1, 0.15) is 12.4 Å². The number of fused-ring (bicyclic) bond motifs is 1. The summed E-state index contributed by atoms with van der Waals surface area (Å²) in [7, 11) is 1.58. The van der Waals surface area contributed by atoms with Gasteiger partial charge in [0.05, 0.1) is 24.1 Å². The van der Waals surface area contributed by atoms with Crippen molar-refractivity contribution in [1.29, 1.82) is 0 Å². The number of para-hydroxylation sites is 1. The Bertz CT molecular complexity index is 989. The number of aromatic carboxylic acids is 1. The first-order valence-electron chi connectivity index (χ1n) is 7.92. The van der Waals surface area contributed by atoms with Crippen molar-refractivity contribution in [1.82, 2.24) is 9.97 Å². The van der Waals surface area contributed by atoms with E-state index in [0.29, 0.717) is 35.0 Å². The van der Waals surface area contributed by atoms with E-state index in [0.717, 1.165) is 5.56 Å². The second kappa shape index (κ2) is 7.57. The molecular formula is C20H17N2O4-. The van der Waals surface area contributed by atoms with Gasteiger partial charge in [0, 0.05) is 5.56 Å². The number of hydrogen-bond acceptors (Lipinski definition) is 5. The van der Waals surface area contributed by atoms with Crippen LogP contribution in [-0.2, 0) is 0 Å². The molecular weight excluding hydrogens is 332 g/mol. The molecule has 0 aliphatic carbocycles. The number of carboxylic acid groups (broad SMARTS) is 1. The van der Waals surface area contributed by atoms with Crippen LogP contribution in [-0.4, -0.2) is 29.7 Å². The highest BCUT2D eigenvalue weighted by molar-refractivity contribution is 6.00. The number of nitrogens with one attached hydrogen (secondary N) is 1. The molecule has 1 N–H and O–H groups in total. The lowest BCUT2D eigenvalue weighted by molar-refractivity contribution is -0.254. The number of benzene rings is 2. The van der Waals surface area contributed by atoms with E-state index in [4.69, 9.17) is 9.47 Å². The van der Waals surface area contributed by atoms with Crippen LogP contribution in [0.4, 0.5) is 0 Å². The van der Waals surface area contributed by atoms with Crippen LogP contribution in [0.25, 0.3) is 23.2 Å². The molecule has 1 heterocycles. The molecule has 26 heavy (non-hydrogen) atoms. The predicted octanol–water partition coefficient (Wildman–Crippen LogP) is 2.67. The van der Waals surface area contributed by atoms with E-state index in [-0.39, 0.29) is 5.56 Å². The Labute approximate surface area is 150 Å². The van der Waals surface area contributed by atoms with Crippen molar-refractivity contribution in [2.24, 2.45) is 0 Å². The molecule has 1 aromatic heterocycles. The molecule has 6 nitrogen and oxygen atoms in total. The fourth-order valence-electron chi connectivity index (χ4n) is 2.53. The van der Waals surface area contributed by atoms with Crippen LogP contribution in [0.2, 0.25) is 0 Å². The van der Waals surface area contributed by atoms with E-state index < -0.39 is 5.97 Å². The summed E-state index contributed by atoms with van der Waals surface area (Å²) >= 11 is 0. The number of hydrogen-bond donors (Lipinski definition) is 1. The first-order chi connectivity index (χ1) is 12.6. The van der Waals surface area contributed by atoms with E-state index in [1.54, 1.807) is 31.4 Å². The molecule has 0 radical (unpaired) electrons. The fourth-order valence-corrected chi connectivity index (χ4v) is 2.53. The summed E-state index contributed by atoms with van der Waals surface area (Å²) in [5, 5.41) is 11.2. The number of rotatable bonds is 7.